The molecule has 3 rings (SSSR count). The van der Waals surface area contributed by atoms with Gasteiger partial charge in [0.1, 0.15) is 11.4 Å². The highest BCUT2D eigenvalue weighted by Crippen LogP contribution is 2.38. The monoisotopic (exact) mass is 392 g/mol. The number of aromatic nitrogens is 1. The van der Waals surface area contributed by atoms with E-state index in [0.29, 0.717) is 5.88 Å². The molecule has 1 aromatic heterocycles. The molecule has 3 aromatic rings. The van der Waals surface area contributed by atoms with E-state index in [9.17, 15) is 0 Å². The number of nitrogens with two attached hydrogens (primary N) is 1. The lowest BCUT2D eigenvalue weighted by Crippen LogP contribution is -1.90. The number of anilines is 1. The van der Waals surface area contributed by atoms with Gasteiger partial charge in [-0.05, 0) is 46.4 Å². The Bertz CT molecular complexity index is 766. The zero-order valence-electron chi connectivity index (χ0n) is 11.3. The minimum absolute atomic E-state index is 0.315. The van der Waals surface area contributed by atoms with Crippen molar-refractivity contribution in [1.82, 2.24) is 5.16 Å². The summed E-state index contributed by atoms with van der Waals surface area (Å²) >= 11 is 2.28. The van der Waals surface area contributed by atoms with E-state index in [4.69, 9.17) is 15.0 Å². The zero-order chi connectivity index (χ0) is 14.8. The summed E-state index contributed by atoms with van der Waals surface area (Å²) in [4.78, 5) is 0. The van der Waals surface area contributed by atoms with Crippen LogP contribution in [-0.2, 0) is 0 Å². The van der Waals surface area contributed by atoms with Crippen molar-refractivity contribution in [3.05, 3.63) is 52.1 Å². The topological polar surface area (TPSA) is 61.3 Å². The van der Waals surface area contributed by atoms with Crippen molar-refractivity contribution < 1.29 is 9.26 Å². The van der Waals surface area contributed by atoms with E-state index in [-0.39, 0.29) is 0 Å². The molecule has 21 heavy (non-hydrogen) atoms. The smallest absolute Gasteiger partial charge is 0.230 e. The Morgan fingerprint density at radius 2 is 1.81 bits per heavy atom. The molecular weight excluding hydrogens is 379 g/mol. The first-order valence-electron chi connectivity index (χ1n) is 6.35. The molecule has 0 unspecified atom stereocenters. The second-order valence-electron chi connectivity index (χ2n) is 4.48. The number of methoxy groups -OCH3 is 1. The molecule has 2 N–H and O–H groups in total. The van der Waals surface area contributed by atoms with Crippen molar-refractivity contribution in [3.63, 3.8) is 0 Å². The highest BCUT2D eigenvalue weighted by atomic mass is 127. The molecule has 0 atom stereocenters. The van der Waals surface area contributed by atoms with Gasteiger partial charge in [0.05, 0.1) is 12.7 Å². The van der Waals surface area contributed by atoms with Crippen LogP contribution in [0.15, 0.2) is 53.1 Å². The highest BCUT2D eigenvalue weighted by molar-refractivity contribution is 14.1. The summed E-state index contributed by atoms with van der Waals surface area (Å²) in [6.07, 6.45) is 0. The Kier molecular flexibility index (Phi) is 3.83. The van der Waals surface area contributed by atoms with Crippen molar-refractivity contribution in [2.24, 2.45) is 0 Å². The van der Waals surface area contributed by atoms with Crippen LogP contribution in [0.5, 0.6) is 5.75 Å². The summed E-state index contributed by atoms with van der Waals surface area (Å²) < 4.78 is 11.5. The first-order valence-corrected chi connectivity index (χ1v) is 7.43. The lowest BCUT2D eigenvalue weighted by atomic mass is 10.0. The van der Waals surface area contributed by atoms with Crippen LogP contribution in [0, 0.1) is 3.57 Å². The normalized spacial score (nSPS) is 10.6. The molecule has 0 saturated heterocycles. The second kappa shape index (κ2) is 5.77. The lowest BCUT2D eigenvalue weighted by Gasteiger charge is -2.06. The van der Waals surface area contributed by atoms with Crippen LogP contribution in [0.1, 0.15) is 0 Å². The summed E-state index contributed by atoms with van der Waals surface area (Å²) in [6.45, 7) is 0. The standard InChI is InChI=1S/C16H13IN2O2/c1-20-11-8-6-10(7-9-11)14-15(19-21-16(14)18)12-4-2-3-5-13(12)17/h2-9H,18H2,1H3. The Morgan fingerprint density at radius 3 is 2.48 bits per heavy atom. The van der Waals surface area contributed by atoms with Crippen LogP contribution in [0.3, 0.4) is 0 Å². The van der Waals surface area contributed by atoms with Gasteiger partial charge in [0.2, 0.25) is 5.88 Å². The summed E-state index contributed by atoms with van der Waals surface area (Å²) in [5.74, 6) is 1.11. The average Bonchev–Trinajstić information content (AvgIpc) is 2.89. The molecule has 0 amide bonds. The number of nitrogen functional groups attached to an aromatic ring is 1. The van der Waals surface area contributed by atoms with Gasteiger partial charge in [-0.25, -0.2) is 0 Å². The van der Waals surface area contributed by atoms with Gasteiger partial charge in [-0.15, -0.1) is 0 Å². The third-order valence-electron chi connectivity index (χ3n) is 3.23. The van der Waals surface area contributed by atoms with Crippen LogP contribution < -0.4 is 10.5 Å². The third-order valence-corrected chi connectivity index (χ3v) is 4.17. The van der Waals surface area contributed by atoms with E-state index in [1.54, 1.807) is 7.11 Å². The fraction of sp³-hybridized carbons (Fsp3) is 0.0625. The van der Waals surface area contributed by atoms with Gasteiger partial charge in [-0.1, -0.05) is 35.5 Å². The fourth-order valence-corrected chi connectivity index (χ4v) is 2.82. The molecule has 0 saturated carbocycles. The van der Waals surface area contributed by atoms with Crippen molar-refractivity contribution >= 4 is 28.5 Å². The van der Waals surface area contributed by atoms with Gasteiger partial charge in [-0.2, -0.15) is 0 Å². The maximum atomic E-state index is 5.97. The minimum Gasteiger partial charge on any atom is -0.497 e. The third kappa shape index (κ3) is 2.61. The van der Waals surface area contributed by atoms with Crippen LogP contribution in [0.2, 0.25) is 0 Å². The van der Waals surface area contributed by atoms with Gasteiger partial charge in [-0.3, -0.25) is 0 Å². The molecule has 0 radical (unpaired) electrons. The van der Waals surface area contributed by atoms with E-state index in [2.05, 4.69) is 27.7 Å². The molecule has 5 heteroatoms. The average molecular weight is 392 g/mol. The fourth-order valence-electron chi connectivity index (χ4n) is 2.18. The number of halogens is 1. The second-order valence-corrected chi connectivity index (χ2v) is 5.64. The molecule has 0 aliphatic carbocycles. The molecule has 2 aromatic carbocycles. The number of benzene rings is 2. The van der Waals surface area contributed by atoms with Crippen molar-refractivity contribution in [2.45, 2.75) is 0 Å². The van der Waals surface area contributed by atoms with Crippen molar-refractivity contribution in [3.8, 4) is 28.1 Å². The minimum atomic E-state index is 0.315. The van der Waals surface area contributed by atoms with E-state index < -0.39 is 0 Å². The van der Waals surface area contributed by atoms with E-state index >= 15 is 0 Å². The summed E-state index contributed by atoms with van der Waals surface area (Å²) in [5, 5.41) is 4.13. The SMILES string of the molecule is COc1ccc(-c2c(-c3ccccc3I)noc2N)cc1. The van der Waals surface area contributed by atoms with Gasteiger partial charge >= 0.3 is 0 Å². The van der Waals surface area contributed by atoms with Gasteiger partial charge in [0.15, 0.2) is 0 Å². The molecule has 1 heterocycles. The van der Waals surface area contributed by atoms with Crippen LogP contribution in [0.25, 0.3) is 22.4 Å². The quantitative estimate of drug-likeness (QED) is 0.679. The number of hydrogen-bond donors (Lipinski definition) is 1. The number of rotatable bonds is 3. The molecule has 0 fully saturated rings. The largest absolute Gasteiger partial charge is 0.497 e. The van der Waals surface area contributed by atoms with E-state index in [0.717, 1.165) is 31.7 Å². The molecule has 4 nitrogen and oxygen atoms in total. The van der Waals surface area contributed by atoms with Crippen molar-refractivity contribution in [1.29, 1.82) is 0 Å². The molecule has 0 aliphatic heterocycles. The van der Waals surface area contributed by atoms with Gasteiger partial charge in [0, 0.05) is 9.13 Å². The highest BCUT2D eigenvalue weighted by Gasteiger charge is 2.18. The Labute approximate surface area is 136 Å². The van der Waals surface area contributed by atoms with Gasteiger partial charge < -0.3 is 15.0 Å². The molecule has 0 bridgehead atoms. The summed E-state index contributed by atoms with van der Waals surface area (Å²) in [7, 11) is 1.64. The van der Waals surface area contributed by atoms with Crippen LogP contribution in [-0.4, -0.2) is 12.3 Å². The summed E-state index contributed by atoms with van der Waals surface area (Å²) in [6, 6.07) is 15.7. The molecular formula is C16H13IN2O2. The first-order chi connectivity index (χ1) is 10.2. The van der Waals surface area contributed by atoms with Crippen molar-refractivity contribution in [2.75, 3.05) is 12.8 Å². The number of ether oxygens (including phenoxy) is 1. The predicted octanol–water partition coefficient (Wildman–Crippen LogP) is 4.20. The number of nitrogens with zero attached hydrogens (tertiary/aromatic N) is 1. The Balaban J connectivity index is 2.15. The molecule has 106 valence electrons. The Hall–Kier alpha value is -2.02. The zero-order valence-corrected chi connectivity index (χ0v) is 13.5. The lowest BCUT2D eigenvalue weighted by molar-refractivity contribution is 0.415. The maximum absolute atomic E-state index is 5.97. The molecule has 0 spiro atoms. The summed E-state index contributed by atoms with van der Waals surface area (Å²) in [5.41, 5.74) is 9.48. The molecule has 0 aliphatic rings. The van der Waals surface area contributed by atoms with Crippen LogP contribution in [0.4, 0.5) is 5.88 Å². The van der Waals surface area contributed by atoms with Crippen LogP contribution >= 0.6 is 22.6 Å². The first kappa shape index (κ1) is 13.9. The van der Waals surface area contributed by atoms with E-state index in [1.807, 2.05) is 48.5 Å². The Morgan fingerprint density at radius 1 is 1.10 bits per heavy atom. The predicted molar refractivity (Wildman–Crippen MR) is 91.1 cm³/mol. The van der Waals surface area contributed by atoms with Gasteiger partial charge in [0.25, 0.3) is 0 Å². The maximum Gasteiger partial charge on any atom is 0.230 e. The number of hydrogen-bond acceptors (Lipinski definition) is 4. The van der Waals surface area contributed by atoms with E-state index in [1.165, 1.54) is 0 Å².